The number of benzene rings is 2. The third kappa shape index (κ3) is 1.51. The highest BCUT2D eigenvalue weighted by Crippen LogP contribution is 2.35. The summed E-state index contributed by atoms with van der Waals surface area (Å²) >= 11 is 0. The van der Waals surface area contributed by atoms with Gasteiger partial charge in [0.2, 0.25) is 0 Å². The van der Waals surface area contributed by atoms with Crippen molar-refractivity contribution in [1.29, 1.82) is 0 Å². The van der Waals surface area contributed by atoms with E-state index in [4.69, 9.17) is 5.73 Å². The molecule has 2 unspecified atom stereocenters. The van der Waals surface area contributed by atoms with Crippen LogP contribution in [0.1, 0.15) is 34.6 Å². The number of nitrogen functional groups attached to an aromatic ring is 1. The summed E-state index contributed by atoms with van der Waals surface area (Å²) in [5.74, 6) is -0.551. The number of ketones is 2. The van der Waals surface area contributed by atoms with Gasteiger partial charge in [-0.1, -0.05) is 32.0 Å². The minimum absolute atomic E-state index is 0.0239. The molecular weight excluding hydrogens is 238 g/mol. The molecule has 2 atom stereocenters. The van der Waals surface area contributed by atoms with Gasteiger partial charge in [-0.25, -0.2) is 0 Å². The zero-order chi connectivity index (χ0) is 13.7. The van der Waals surface area contributed by atoms with E-state index in [1.54, 1.807) is 18.2 Å². The molecule has 0 aromatic heterocycles. The van der Waals surface area contributed by atoms with Gasteiger partial charge in [0.15, 0.2) is 11.6 Å². The third-order valence-corrected chi connectivity index (χ3v) is 4.18. The van der Waals surface area contributed by atoms with Crippen LogP contribution < -0.4 is 5.73 Å². The van der Waals surface area contributed by atoms with Crippen molar-refractivity contribution in [2.45, 2.75) is 13.8 Å². The number of carbonyl (C=O) groups is 2. The van der Waals surface area contributed by atoms with Crippen molar-refractivity contribution < 1.29 is 9.59 Å². The van der Waals surface area contributed by atoms with E-state index in [2.05, 4.69) is 0 Å². The number of nitrogens with two attached hydrogens (primary N) is 1. The Hall–Kier alpha value is -2.16. The molecule has 3 nitrogen and oxygen atoms in total. The Labute approximate surface area is 111 Å². The second kappa shape index (κ2) is 3.92. The number of carbonyl (C=O) groups excluding carboxylic acids is 2. The fourth-order valence-corrected chi connectivity index (χ4v) is 2.78. The molecule has 3 rings (SSSR count). The van der Waals surface area contributed by atoms with Gasteiger partial charge in [0.05, 0.1) is 0 Å². The van der Waals surface area contributed by atoms with E-state index < -0.39 is 0 Å². The van der Waals surface area contributed by atoms with Gasteiger partial charge >= 0.3 is 0 Å². The maximum atomic E-state index is 12.5. The van der Waals surface area contributed by atoms with Crippen molar-refractivity contribution in [2.24, 2.45) is 11.8 Å². The van der Waals surface area contributed by atoms with E-state index in [0.717, 1.165) is 5.39 Å². The summed E-state index contributed by atoms with van der Waals surface area (Å²) < 4.78 is 0. The molecule has 2 N–H and O–H groups in total. The molecule has 0 aliphatic heterocycles. The van der Waals surface area contributed by atoms with Crippen LogP contribution in [0.2, 0.25) is 0 Å². The minimum Gasteiger partial charge on any atom is -0.398 e. The summed E-state index contributed by atoms with van der Waals surface area (Å²) in [5, 5.41) is 1.51. The Kier molecular flexibility index (Phi) is 2.45. The van der Waals surface area contributed by atoms with Crippen molar-refractivity contribution in [3.63, 3.8) is 0 Å². The first-order valence-electron chi connectivity index (χ1n) is 6.42. The summed E-state index contributed by atoms with van der Waals surface area (Å²) in [6, 6.07) is 8.95. The van der Waals surface area contributed by atoms with Gasteiger partial charge in [-0.3, -0.25) is 9.59 Å². The molecule has 3 heteroatoms. The largest absolute Gasteiger partial charge is 0.398 e. The molecular formula is C16H15NO2. The standard InChI is InChI=1S/C16H15NO2/c1-8-9(2)16(19)12-6-7-13(17)10-4-3-5-11(14(10)12)15(8)18/h3-9H,17H2,1-2H3. The highest BCUT2D eigenvalue weighted by Gasteiger charge is 2.33. The van der Waals surface area contributed by atoms with Crippen LogP contribution in [-0.2, 0) is 0 Å². The molecule has 96 valence electrons. The summed E-state index contributed by atoms with van der Waals surface area (Å²) in [6.45, 7) is 3.64. The summed E-state index contributed by atoms with van der Waals surface area (Å²) in [6.07, 6.45) is 0. The predicted molar refractivity (Wildman–Crippen MR) is 75.3 cm³/mol. The normalized spacial score (nSPS) is 22.6. The second-order valence-corrected chi connectivity index (χ2v) is 5.24. The van der Waals surface area contributed by atoms with Crippen LogP contribution in [0.4, 0.5) is 5.69 Å². The zero-order valence-electron chi connectivity index (χ0n) is 10.9. The number of hydrogen-bond donors (Lipinski definition) is 1. The lowest BCUT2D eigenvalue weighted by atomic mass is 9.87. The van der Waals surface area contributed by atoms with Crippen molar-refractivity contribution in [2.75, 3.05) is 5.73 Å². The van der Waals surface area contributed by atoms with Crippen LogP contribution in [0.3, 0.4) is 0 Å². The third-order valence-electron chi connectivity index (χ3n) is 4.18. The number of anilines is 1. The Morgan fingerprint density at radius 1 is 0.895 bits per heavy atom. The lowest BCUT2D eigenvalue weighted by Crippen LogP contribution is -2.22. The molecule has 0 bridgehead atoms. The molecule has 19 heavy (non-hydrogen) atoms. The van der Waals surface area contributed by atoms with E-state index in [-0.39, 0.29) is 23.4 Å². The van der Waals surface area contributed by atoms with Gasteiger partial charge in [0, 0.05) is 39.4 Å². The Bertz CT molecular complexity index is 692. The van der Waals surface area contributed by atoms with E-state index in [0.29, 0.717) is 22.2 Å². The topological polar surface area (TPSA) is 60.2 Å². The van der Waals surface area contributed by atoms with E-state index in [1.165, 1.54) is 0 Å². The molecule has 1 aliphatic rings. The van der Waals surface area contributed by atoms with Crippen molar-refractivity contribution in [3.8, 4) is 0 Å². The fourth-order valence-electron chi connectivity index (χ4n) is 2.78. The number of hydrogen-bond acceptors (Lipinski definition) is 3. The molecule has 2 aromatic carbocycles. The highest BCUT2D eigenvalue weighted by molar-refractivity contribution is 6.22. The SMILES string of the molecule is CC1C(=O)c2cccc3c(N)ccc(c23)C(=O)C1C. The first kappa shape index (κ1) is 11.9. The van der Waals surface area contributed by atoms with Gasteiger partial charge in [-0.15, -0.1) is 0 Å². The lowest BCUT2D eigenvalue weighted by molar-refractivity contribution is 0.0802. The van der Waals surface area contributed by atoms with E-state index in [1.807, 2.05) is 26.0 Å². The first-order valence-corrected chi connectivity index (χ1v) is 6.42. The van der Waals surface area contributed by atoms with Gasteiger partial charge in [-0.05, 0) is 12.1 Å². The maximum Gasteiger partial charge on any atom is 0.167 e. The van der Waals surface area contributed by atoms with Gasteiger partial charge in [0.1, 0.15) is 0 Å². The maximum absolute atomic E-state index is 12.5. The van der Waals surface area contributed by atoms with Crippen LogP contribution >= 0.6 is 0 Å². The summed E-state index contributed by atoms with van der Waals surface area (Å²) in [5.41, 5.74) is 7.79. The van der Waals surface area contributed by atoms with Gasteiger partial charge in [0.25, 0.3) is 0 Å². The Balaban J connectivity index is 2.50. The molecule has 0 radical (unpaired) electrons. The molecule has 0 saturated heterocycles. The molecule has 0 spiro atoms. The van der Waals surface area contributed by atoms with E-state index >= 15 is 0 Å². The van der Waals surface area contributed by atoms with Gasteiger partial charge in [-0.2, -0.15) is 0 Å². The average Bonchev–Trinajstić information content (AvgIpc) is 2.49. The molecule has 0 heterocycles. The van der Waals surface area contributed by atoms with Crippen LogP contribution in [0, 0.1) is 11.8 Å². The average molecular weight is 253 g/mol. The molecule has 0 saturated carbocycles. The van der Waals surface area contributed by atoms with Crippen molar-refractivity contribution >= 4 is 28.0 Å². The highest BCUT2D eigenvalue weighted by atomic mass is 16.1. The molecule has 0 fully saturated rings. The summed E-state index contributed by atoms with van der Waals surface area (Å²) in [4.78, 5) is 25.0. The molecule has 0 amide bonds. The number of rotatable bonds is 0. The van der Waals surface area contributed by atoms with Crippen LogP contribution in [-0.4, -0.2) is 11.6 Å². The number of Topliss-reactive ketones (excluding diaryl/α,β-unsaturated/α-hetero) is 2. The van der Waals surface area contributed by atoms with Crippen molar-refractivity contribution in [3.05, 3.63) is 41.5 Å². The lowest BCUT2D eigenvalue weighted by Gasteiger charge is -2.13. The summed E-state index contributed by atoms with van der Waals surface area (Å²) in [7, 11) is 0. The van der Waals surface area contributed by atoms with Crippen LogP contribution in [0.15, 0.2) is 30.3 Å². The monoisotopic (exact) mass is 253 g/mol. The second-order valence-electron chi connectivity index (χ2n) is 5.24. The van der Waals surface area contributed by atoms with Crippen LogP contribution in [0.25, 0.3) is 10.8 Å². The fraction of sp³-hybridized carbons (Fsp3) is 0.250. The van der Waals surface area contributed by atoms with E-state index in [9.17, 15) is 9.59 Å². The Morgan fingerprint density at radius 2 is 1.47 bits per heavy atom. The predicted octanol–water partition coefficient (Wildman–Crippen LogP) is 3.07. The van der Waals surface area contributed by atoms with Gasteiger partial charge < -0.3 is 5.73 Å². The smallest absolute Gasteiger partial charge is 0.167 e. The first-order chi connectivity index (χ1) is 9.02. The van der Waals surface area contributed by atoms with Crippen molar-refractivity contribution in [1.82, 2.24) is 0 Å². The molecule has 1 aliphatic carbocycles. The quantitative estimate of drug-likeness (QED) is 0.734. The molecule has 2 aromatic rings. The Morgan fingerprint density at radius 3 is 2.11 bits per heavy atom. The van der Waals surface area contributed by atoms with Crippen LogP contribution in [0.5, 0.6) is 0 Å². The zero-order valence-corrected chi connectivity index (χ0v) is 10.9. The minimum atomic E-state index is -0.299.